The monoisotopic (exact) mass is 728 g/mol. The first kappa shape index (κ1) is 37.5. The first-order chi connectivity index (χ1) is 25.7. The molecule has 2 N–H and O–H groups in total. The van der Waals surface area contributed by atoms with Crippen molar-refractivity contribution in [2.24, 2.45) is 0 Å². The summed E-state index contributed by atoms with van der Waals surface area (Å²) < 4.78 is 11.9. The first-order valence-corrected chi connectivity index (χ1v) is 18.8. The van der Waals surface area contributed by atoms with Crippen molar-refractivity contribution in [2.45, 2.75) is 65.5 Å². The van der Waals surface area contributed by atoms with Crippen molar-refractivity contribution in [3.8, 4) is 17.4 Å². The highest BCUT2D eigenvalue weighted by Crippen LogP contribution is 2.34. The van der Waals surface area contributed by atoms with Crippen LogP contribution in [0.5, 0.6) is 17.4 Å². The molecule has 1 aromatic heterocycles. The highest BCUT2D eigenvalue weighted by molar-refractivity contribution is 6.32. The highest BCUT2D eigenvalue weighted by atomic mass is 35.5. The molecule has 0 bridgehead atoms. The Morgan fingerprint density at radius 3 is 2.26 bits per heavy atom. The van der Waals surface area contributed by atoms with Crippen LogP contribution < -0.4 is 20.1 Å². The minimum Gasteiger partial charge on any atom is -0.487 e. The number of amides is 1. The summed E-state index contributed by atoms with van der Waals surface area (Å²) in [6.45, 7) is 11.2. The Balaban J connectivity index is 0.922. The number of nitrogens with one attached hydrogen (secondary N) is 2. The molecule has 1 aliphatic rings. The summed E-state index contributed by atoms with van der Waals surface area (Å²) in [6.07, 6.45) is 7.83. The third kappa shape index (κ3) is 10.9. The molecule has 8 heteroatoms. The molecule has 6 rings (SSSR count). The number of ether oxygens (including phenoxy) is 2. The van der Waals surface area contributed by atoms with E-state index >= 15 is 0 Å². The van der Waals surface area contributed by atoms with Gasteiger partial charge in [-0.25, -0.2) is 4.98 Å². The normalized spacial score (nSPS) is 13.4. The molecule has 274 valence electrons. The van der Waals surface area contributed by atoms with Gasteiger partial charge >= 0.3 is 0 Å². The minimum atomic E-state index is 0.000247. The van der Waals surface area contributed by atoms with Gasteiger partial charge in [0.15, 0.2) is 5.75 Å². The van der Waals surface area contributed by atoms with E-state index in [9.17, 15) is 4.79 Å². The summed E-state index contributed by atoms with van der Waals surface area (Å²) >= 11 is 6.64. The zero-order chi connectivity index (χ0) is 37.2. The molecule has 0 unspecified atom stereocenters. The SMILES string of the molecule is Cc1ccc(COc2ccc(Oc3c(C)cc(/C=C/C(=O)N4CCC(Nc5ccc(CCNc6ccc(C(C)C)cc6)cc5)CC4)cc3Cl)nc2)cc1. The van der Waals surface area contributed by atoms with Gasteiger partial charge in [0, 0.05) is 49.2 Å². The highest BCUT2D eigenvalue weighted by Gasteiger charge is 2.21. The average Bonchev–Trinajstić information content (AvgIpc) is 3.17. The Labute approximate surface area is 319 Å². The van der Waals surface area contributed by atoms with Gasteiger partial charge in [0.2, 0.25) is 11.8 Å². The molecular weight excluding hydrogens is 680 g/mol. The number of hydrogen-bond donors (Lipinski definition) is 2. The van der Waals surface area contributed by atoms with E-state index in [1.165, 1.54) is 16.7 Å². The molecule has 1 saturated heterocycles. The van der Waals surface area contributed by atoms with Crippen LogP contribution in [-0.4, -0.2) is 41.5 Å². The molecule has 0 saturated carbocycles. The molecule has 1 fully saturated rings. The van der Waals surface area contributed by atoms with Crippen LogP contribution in [0, 0.1) is 13.8 Å². The standard InChI is InChI=1S/C45H49ClN4O3/c1-31(2)37-12-16-38(17-13-37)47-24-21-34-9-14-39(15-10-34)49-40-22-25-50(26-23-40)44(51)20-11-36-27-33(4)45(42(46)28-36)53-43-19-18-41(29-48-43)52-30-35-7-5-32(3)6-8-35/h5-20,27-29,31,40,47,49H,21-26,30H2,1-4H3/b20-11+. The lowest BCUT2D eigenvalue weighted by atomic mass is 10.0. The predicted octanol–water partition coefficient (Wildman–Crippen LogP) is 10.6. The van der Waals surface area contributed by atoms with Gasteiger partial charge in [0.05, 0.1) is 11.2 Å². The Kier molecular flexibility index (Phi) is 12.7. The largest absolute Gasteiger partial charge is 0.487 e. The Hall–Kier alpha value is -5.27. The number of aryl methyl sites for hydroxylation is 2. The van der Waals surface area contributed by atoms with E-state index in [1.807, 2.05) is 30.0 Å². The molecule has 5 aromatic rings. The van der Waals surface area contributed by atoms with Crippen molar-refractivity contribution in [2.75, 3.05) is 30.3 Å². The second-order valence-corrected chi connectivity index (χ2v) is 14.5. The van der Waals surface area contributed by atoms with Crippen molar-refractivity contribution in [1.82, 2.24) is 9.88 Å². The third-order valence-electron chi connectivity index (χ3n) is 9.56. The number of anilines is 2. The van der Waals surface area contributed by atoms with Crippen LogP contribution in [0.2, 0.25) is 5.02 Å². The van der Waals surface area contributed by atoms with Crippen LogP contribution in [0.25, 0.3) is 6.08 Å². The van der Waals surface area contributed by atoms with Crippen molar-refractivity contribution in [3.05, 3.63) is 148 Å². The molecule has 1 aliphatic heterocycles. The maximum atomic E-state index is 13.1. The number of nitrogens with zero attached hydrogens (tertiary/aromatic N) is 2. The summed E-state index contributed by atoms with van der Waals surface area (Å²) in [4.78, 5) is 19.4. The van der Waals surface area contributed by atoms with Crippen LogP contribution in [0.1, 0.15) is 66.0 Å². The van der Waals surface area contributed by atoms with Crippen LogP contribution in [0.3, 0.4) is 0 Å². The molecule has 53 heavy (non-hydrogen) atoms. The van der Waals surface area contributed by atoms with Gasteiger partial charge in [-0.3, -0.25) is 4.79 Å². The summed E-state index contributed by atoms with van der Waals surface area (Å²) in [6, 6.07) is 33.3. The van der Waals surface area contributed by atoms with Gasteiger partial charge < -0.3 is 25.0 Å². The fourth-order valence-corrected chi connectivity index (χ4v) is 6.62. The second kappa shape index (κ2) is 18.0. The summed E-state index contributed by atoms with van der Waals surface area (Å²) in [7, 11) is 0. The summed E-state index contributed by atoms with van der Waals surface area (Å²) in [5.74, 6) is 2.14. The fraction of sp³-hybridized carbons (Fsp3) is 0.289. The number of halogens is 1. The number of pyridine rings is 1. The summed E-state index contributed by atoms with van der Waals surface area (Å²) in [5.41, 5.74) is 8.91. The van der Waals surface area contributed by atoms with Gasteiger partial charge in [-0.05, 0) is 115 Å². The minimum absolute atomic E-state index is 0.000247. The van der Waals surface area contributed by atoms with Crippen LogP contribution in [0.4, 0.5) is 11.4 Å². The van der Waals surface area contributed by atoms with Crippen molar-refractivity contribution in [1.29, 1.82) is 0 Å². The zero-order valence-corrected chi connectivity index (χ0v) is 31.8. The fourth-order valence-electron chi connectivity index (χ4n) is 6.31. The lowest BCUT2D eigenvalue weighted by Crippen LogP contribution is -2.41. The van der Waals surface area contributed by atoms with Crippen LogP contribution in [-0.2, 0) is 17.8 Å². The quantitative estimate of drug-likeness (QED) is 0.111. The molecule has 0 spiro atoms. The third-order valence-corrected chi connectivity index (χ3v) is 9.84. The number of hydrogen-bond acceptors (Lipinski definition) is 6. The van der Waals surface area contributed by atoms with E-state index in [-0.39, 0.29) is 5.91 Å². The number of likely N-dealkylation sites (tertiary alicyclic amines) is 1. The zero-order valence-electron chi connectivity index (χ0n) is 31.1. The van der Waals surface area contributed by atoms with Gasteiger partial charge in [-0.15, -0.1) is 0 Å². The number of piperidine rings is 1. The first-order valence-electron chi connectivity index (χ1n) is 18.5. The lowest BCUT2D eigenvalue weighted by molar-refractivity contribution is -0.126. The maximum Gasteiger partial charge on any atom is 0.246 e. The molecule has 2 heterocycles. The number of benzene rings is 4. The topological polar surface area (TPSA) is 75.7 Å². The molecular formula is C45H49ClN4O3. The second-order valence-electron chi connectivity index (χ2n) is 14.1. The van der Waals surface area contributed by atoms with Gasteiger partial charge in [0.25, 0.3) is 0 Å². The molecule has 0 aliphatic carbocycles. The van der Waals surface area contributed by atoms with E-state index in [0.717, 1.165) is 53.9 Å². The van der Waals surface area contributed by atoms with Crippen molar-refractivity contribution >= 4 is 35.0 Å². The predicted molar refractivity (Wildman–Crippen MR) is 217 cm³/mol. The van der Waals surface area contributed by atoms with E-state index in [1.54, 1.807) is 24.4 Å². The van der Waals surface area contributed by atoms with Gasteiger partial charge in [-0.2, -0.15) is 0 Å². The Morgan fingerprint density at radius 1 is 0.906 bits per heavy atom. The molecule has 0 radical (unpaired) electrons. The number of carbonyl (C=O) groups is 1. The number of rotatable bonds is 14. The molecule has 7 nitrogen and oxygen atoms in total. The van der Waals surface area contributed by atoms with Crippen molar-refractivity contribution in [3.63, 3.8) is 0 Å². The summed E-state index contributed by atoms with van der Waals surface area (Å²) in [5, 5.41) is 7.64. The van der Waals surface area contributed by atoms with E-state index < -0.39 is 0 Å². The van der Waals surface area contributed by atoms with E-state index in [4.69, 9.17) is 21.1 Å². The van der Waals surface area contributed by atoms with Crippen LogP contribution >= 0.6 is 11.6 Å². The number of carbonyl (C=O) groups excluding carboxylic acids is 1. The molecule has 4 aromatic carbocycles. The van der Waals surface area contributed by atoms with Crippen molar-refractivity contribution < 1.29 is 14.3 Å². The Bertz CT molecular complexity index is 1940. The van der Waals surface area contributed by atoms with Gasteiger partial charge in [-0.1, -0.05) is 79.5 Å². The smallest absolute Gasteiger partial charge is 0.246 e. The number of aromatic nitrogens is 1. The molecule has 1 amide bonds. The Morgan fingerprint density at radius 2 is 1.60 bits per heavy atom. The van der Waals surface area contributed by atoms with Crippen LogP contribution in [0.15, 0.2) is 109 Å². The maximum absolute atomic E-state index is 13.1. The van der Waals surface area contributed by atoms with E-state index in [2.05, 4.69) is 109 Å². The lowest BCUT2D eigenvalue weighted by Gasteiger charge is -2.32. The average molecular weight is 729 g/mol. The van der Waals surface area contributed by atoms with E-state index in [0.29, 0.717) is 54.1 Å². The molecule has 0 atom stereocenters. The van der Waals surface area contributed by atoms with Gasteiger partial charge in [0.1, 0.15) is 12.4 Å².